The molecule has 0 aliphatic heterocycles. The molecule has 0 heterocycles. The van der Waals surface area contributed by atoms with Gasteiger partial charge < -0.3 is 24.7 Å². The minimum Gasteiger partial charge on any atom is -0.563 e. The summed E-state index contributed by atoms with van der Waals surface area (Å²) in [6, 6.07) is 0. The van der Waals surface area contributed by atoms with Crippen molar-refractivity contribution in [1.29, 1.82) is 0 Å². The molecule has 0 aromatic carbocycles. The van der Waals surface area contributed by atoms with Gasteiger partial charge in [-0.1, -0.05) is 0 Å². The zero-order valence-corrected chi connectivity index (χ0v) is 14.9. The summed E-state index contributed by atoms with van der Waals surface area (Å²) in [6.07, 6.45) is 0. The first kappa shape index (κ1) is 27.2. The molecule has 4 atom stereocenters. The molecule has 0 saturated carbocycles. The van der Waals surface area contributed by atoms with Gasteiger partial charge in [-0.15, -0.1) is 0 Å². The van der Waals surface area contributed by atoms with Crippen LogP contribution in [0.5, 0.6) is 0 Å². The van der Waals surface area contributed by atoms with Gasteiger partial charge in [0.05, 0.1) is 0 Å². The van der Waals surface area contributed by atoms with Gasteiger partial charge in [0.15, 0.2) is 0 Å². The van der Waals surface area contributed by atoms with E-state index in [2.05, 4.69) is 8.62 Å². The molecule has 16 heteroatoms. The maximum Gasteiger partial charge on any atom is 0.543 e. The number of hydrogen-bond donors (Lipinski definition) is 1. The second-order valence-electron chi connectivity index (χ2n) is 1.37. The van der Waals surface area contributed by atoms with Gasteiger partial charge in [-0.05, 0) is 25.2 Å². The summed E-state index contributed by atoms with van der Waals surface area (Å²) in [5.41, 5.74) is 0. The van der Waals surface area contributed by atoms with Gasteiger partial charge in [-0.2, -0.15) is 0 Å². The first-order valence-corrected chi connectivity index (χ1v) is 7.60. The van der Waals surface area contributed by atoms with Crippen LogP contribution in [-0.4, -0.2) is 11.7 Å². The summed E-state index contributed by atoms with van der Waals surface area (Å²) in [4.78, 5) is 37.0. The Balaban J connectivity index is -0.0000000857. The van der Waals surface area contributed by atoms with Gasteiger partial charge in [0.2, 0.25) is 0 Å². The van der Waals surface area contributed by atoms with Crippen LogP contribution in [-0.2, 0) is 47.9 Å². The maximum absolute atomic E-state index is 9.24. The van der Waals surface area contributed by atoms with Gasteiger partial charge in [-0.25, -0.2) is 0 Å². The summed E-state index contributed by atoms with van der Waals surface area (Å²) in [7, 11) is -12.9. The van der Waals surface area contributed by atoms with Crippen molar-refractivity contribution in [3.8, 4) is 0 Å². The van der Waals surface area contributed by atoms with Crippen molar-refractivity contribution in [2.75, 3.05) is 6.61 Å². The summed E-state index contributed by atoms with van der Waals surface area (Å²) >= 11 is 0. The second-order valence-corrected chi connectivity index (χ2v) is 4.47. The molecule has 18 heavy (non-hydrogen) atoms. The third kappa shape index (κ3) is 54.1. The normalized spacial score (nSPS) is 11.4. The zero-order chi connectivity index (χ0) is 14.4. The number of hydrogen-bond acceptors (Lipinski definition) is 11. The van der Waals surface area contributed by atoms with Crippen molar-refractivity contribution in [3.05, 3.63) is 0 Å². The van der Waals surface area contributed by atoms with Gasteiger partial charge >= 0.3 is 33.0 Å². The van der Waals surface area contributed by atoms with Crippen LogP contribution < -0.4 is 19.6 Å². The fourth-order valence-electron chi connectivity index (χ4n) is 0.109. The molecule has 0 aliphatic carbocycles. The molecule has 106 valence electrons. The van der Waals surface area contributed by atoms with Crippen molar-refractivity contribution in [2.45, 2.75) is 6.92 Å². The Morgan fingerprint density at radius 3 is 0.944 bits per heavy atom. The average molecular weight is 514 g/mol. The fourth-order valence-corrected chi connectivity index (χ4v) is 0.980. The van der Waals surface area contributed by atoms with Crippen molar-refractivity contribution in [1.82, 2.24) is 0 Å². The Hall–Kier alpha value is 0.808. The molecule has 11 nitrogen and oxygen atoms in total. The van der Waals surface area contributed by atoms with Crippen LogP contribution in [0.25, 0.3) is 0 Å². The van der Waals surface area contributed by atoms with E-state index in [0.29, 0.717) is 0 Å². The Labute approximate surface area is 119 Å². The van der Waals surface area contributed by atoms with Crippen LogP contribution in [0.4, 0.5) is 0 Å². The summed E-state index contributed by atoms with van der Waals surface area (Å²) in [5.74, 6) is 0. The van der Waals surface area contributed by atoms with E-state index in [9.17, 15) is 37.8 Å². The molecule has 0 aromatic heterocycles. The number of rotatable bonds is 4. The molecule has 1 N–H and O–H groups in total. The SMILES string of the molecule is CCO.O=[P+]([O-])O[P+](=O)[O-].O=[P+]([O-])O[P+](=O)[O-].[W]. The van der Waals surface area contributed by atoms with Crippen molar-refractivity contribution in [3.63, 3.8) is 0 Å². The average Bonchev–Trinajstić information content (AvgIpc) is 1.99. The van der Waals surface area contributed by atoms with E-state index < -0.39 is 33.0 Å². The Morgan fingerprint density at radius 2 is 0.944 bits per heavy atom. The minimum atomic E-state index is -3.24. The zero-order valence-electron chi connectivity index (χ0n) is 8.43. The van der Waals surface area contributed by atoms with E-state index in [1.807, 2.05) is 0 Å². The molecule has 0 rings (SSSR count). The molecule has 4 unspecified atom stereocenters. The van der Waals surface area contributed by atoms with Crippen molar-refractivity contribution in [2.24, 2.45) is 0 Å². The standard InChI is InChI=1S/C2H6O.2O5P2.W/c1-2-3;2*1-6(2)5-7(3)4;/h3H,2H2,1H3;;;. The largest absolute Gasteiger partial charge is 0.563 e. The van der Waals surface area contributed by atoms with Crippen LogP contribution in [0, 0.1) is 0 Å². The van der Waals surface area contributed by atoms with E-state index in [-0.39, 0.29) is 27.7 Å². The number of aliphatic hydroxyl groups excluding tert-OH is 1. The van der Waals surface area contributed by atoms with Crippen LogP contribution in [0.15, 0.2) is 0 Å². The molecule has 0 saturated heterocycles. The van der Waals surface area contributed by atoms with Crippen LogP contribution >= 0.6 is 33.0 Å². The fraction of sp³-hybridized carbons (Fsp3) is 1.00. The van der Waals surface area contributed by atoms with Crippen LogP contribution in [0.3, 0.4) is 0 Å². The van der Waals surface area contributed by atoms with Crippen molar-refractivity contribution >= 4 is 33.0 Å². The van der Waals surface area contributed by atoms with E-state index in [1.165, 1.54) is 0 Å². The molecule has 0 spiro atoms. The Kier molecular flexibility index (Phi) is 30.4. The maximum atomic E-state index is 9.24. The molecule has 0 radical (unpaired) electrons. The van der Waals surface area contributed by atoms with E-state index in [1.54, 1.807) is 6.92 Å². The van der Waals surface area contributed by atoms with E-state index in [4.69, 9.17) is 5.11 Å². The summed E-state index contributed by atoms with van der Waals surface area (Å²) in [6.45, 7) is 1.93. The van der Waals surface area contributed by atoms with E-state index >= 15 is 0 Å². The first-order chi connectivity index (χ1) is 7.67. The van der Waals surface area contributed by atoms with Gasteiger partial charge in [0, 0.05) is 27.7 Å². The smallest absolute Gasteiger partial charge is 0.543 e. The summed E-state index contributed by atoms with van der Waals surface area (Å²) in [5, 5.41) is 7.57. The third-order valence-corrected chi connectivity index (χ3v) is 2.40. The predicted molar refractivity (Wildman–Crippen MR) is 45.4 cm³/mol. The number of aliphatic hydroxyl groups is 1. The molecular weight excluding hydrogens is 508 g/mol. The van der Waals surface area contributed by atoms with Crippen molar-refractivity contribution < 1.29 is 72.6 Å². The topological polar surface area (TPSA) is 199 Å². The molecule has 0 aromatic rings. The molecular formula is C2H6O11P4W. The molecule has 0 aliphatic rings. The van der Waals surface area contributed by atoms with Gasteiger partial charge in [-0.3, -0.25) is 0 Å². The van der Waals surface area contributed by atoms with E-state index in [0.717, 1.165) is 0 Å². The first-order valence-electron chi connectivity index (χ1n) is 3.21. The molecule has 0 fully saturated rings. The summed E-state index contributed by atoms with van der Waals surface area (Å²) < 4.78 is 43.3. The Bertz CT molecular complexity index is 218. The van der Waals surface area contributed by atoms with Gasteiger partial charge in [0.1, 0.15) is 8.62 Å². The monoisotopic (exact) mass is 514 g/mol. The quantitative estimate of drug-likeness (QED) is 0.410. The third-order valence-electron chi connectivity index (χ3n) is 0.267. The minimum absolute atomic E-state index is 0. The van der Waals surface area contributed by atoms with Gasteiger partial charge in [0.25, 0.3) is 0 Å². The Morgan fingerprint density at radius 1 is 0.833 bits per heavy atom. The molecule has 0 amide bonds. The molecule has 0 bridgehead atoms. The second kappa shape index (κ2) is 20.1. The van der Waals surface area contributed by atoms with Crippen LogP contribution in [0.2, 0.25) is 0 Å². The van der Waals surface area contributed by atoms with Crippen LogP contribution in [0.1, 0.15) is 6.92 Å². The predicted octanol–water partition coefficient (Wildman–Crippen LogP) is -1.93.